The summed E-state index contributed by atoms with van der Waals surface area (Å²) in [6.07, 6.45) is 0.216. The van der Waals surface area contributed by atoms with Gasteiger partial charge in [-0.05, 0) is 24.5 Å². The number of rotatable bonds is 6. The lowest BCUT2D eigenvalue weighted by Gasteiger charge is -2.07. The van der Waals surface area contributed by atoms with E-state index in [1.54, 1.807) is 6.07 Å². The third-order valence-corrected chi connectivity index (χ3v) is 4.16. The lowest BCUT2D eigenvalue weighted by molar-refractivity contribution is -0.116. The van der Waals surface area contributed by atoms with E-state index in [9.17, 15) is 9.59 Å². The predicted molar refractivity (Wildman–Crippen MR) is 93.0 cm³/mol. The van der Waals surface area contributed by atoms with Crippen LogP contribution in [0.1, 0.15) is 47.8 Å². The summed E-state index contributed by atoms with van der Waals surface area (Å²) in [6.45, 7) is 6.29. The Balaban J connectivity index is 1.78. The minimum Gasteiger partial charge on any atom is -0.352 e. The molecule has 0 unspecified atom stereocenters. The molecule has 0 atom stereocenters. The lowest BCUT2D eigenvalue weighted by Crippen LogP contribution is -2.28. The smallest absolute Gasteiger partial charge is 0.251 e. The van der Waals surface area contributed by atoms with Crippen molar-refractivity contribution in [2.45, 2.75) is 33.1 Å². The first kappa shape index (κ1) is 17.1. The monoisotopic (exact) mass is 331 g/mol. The SMILES string of the molecule is Cc1ccccc1C(=O)NCCC(=O)Nc1nc(C(C)C)cs1. The zero-order valence-corrected chi connectivity index (χ0v) is 14.4. The number of carbonyl (C=O) groups excluding carboxylic acids is 2. The first-order chi connectivity index (χ1) is 11.0. The molecule has 0 aliphatic heterocycles. The van der Waals surface area contributed by atoms with Crippen LogP contribution in [0.15, 0.2) is 29.6 Å². The summed E-state index contributed by atoms with van der Waals surface area (Å²) in [7, 11) is 0. The molecule has 2 amide bonds. The van der Waals surface area contributed by atoms with E-state index in [2.05, 4.69) is 29.5 Å². The minimum atomic E-state index is -0.160. The van der Waals surface area contributed by atoms with Gasteiger partial charge >= 0.3 is 0 Å². The summed E-state index contributed by atoms with van der Waals surface area (Å²) >= 11 is 1.41. The van der Waals surface area contributed by atoms with Crippen molar-refractivity contribution in [2.24, 2.45) is 0 Å². The van der Waals surface area contributed by atoms with Crippen molar-refractivity contribution in [1.29, 1.82) is 0 Å². The Bertz CT molecular complexity index is 695. The van der Waals surface area contributed by atoms with Gasteiger partial charge in [0.25, 0.3) is 5.91 Å². The molecule has 0 aliphatic rings. The van der Waals surface area contributed by atoms with Gasteiger partial charge < -0.3 is 10.6 Å². The summed E-state index contributed by atoms with van der Waals surface area (Å²) in [5.41, 5.74) is 2.52. The lowest BCUT2D eigenvalue weighted by atomic mass is 10.1. The number of aryl methyl sites for hydroxylation is 1. The van der Waals surface area contributed by atoms with Gasteiger partial charge in [-0.1, -0.05) is 32.0 Å². The fourth-order valence-electron chi connectivity index (χ4n) is 2.00. The van der Waals surface area contributed by atoms with Gasteiger partial charge in [0.15, 0.2) is 5.13 Å². The molecule has 1 heterocycles. The number of thiazole rings is 1. The zero-order valence-electron chi connectivity index (χ0n) is 13.6. The standard InChI is InChI=1S/C17H21N3O2S/c1-11(2)14-10-23-17(19-14)20-15(21)8-9-18-16(22)13-7-5-4-6-12(13)3/h4-7,10-11H,8-9H2,1-3H3,(H,18,22)(H,19,20,21). The number of carbonyl (C=O) groups is 2. The van der Waals surface area contributed by atoms with Gasteiger partial charge in [0.05, 0.1) is 5.69 Å². The Morgan fingerprint density at radius 2 is 2.00 bits per heavy atom. The molecule has 5 nitrogen and oxygen atoms in total. The summed E-state index contributed by atoms with van der Waals surface area (Å²) in [4.78, 5) is 28.3. The Hall–Kier alpha value is -2.21. The molecule has 2 aromatic rings. The van der Waals surface area contributed by atoms with Crippen LogP contribution in [-0.4, -0.2) is 23.3 Å². The molecule has 0 saturated carbocycles. The van der Waals surface area contributed by atoms with Crippen molar-refractivity contribution in [1.82, 2.24) is 10.3 Å². The maximum Gasteiger partial charge on any atom is 0.251 e. The van der Waals surface area contributed by atoms with Crippen LogP contribution in [0, 0.1) is 6.92 Å². The number of hydrogen-bond donors (Lipinski definition) is 2. The van der Waals surface area contributed by atoms with Crippen molar-refractivity contribution < 1.29 is 9.59 Å². The van der Waals surface area contributed by atoms with E-state index in [1.165, 1.54) is 11.3 Å². The molecule has 1 aromatic carbocycles. The Morgan fingerprint density at radius 3 is 2.65 bits per heavy atom. The molecule has 122 valence electrons. The van der Waals surface area contributed by atoms with Gasteiger partial charge in [-0.25, -0.2) is 4.98 Å². The van der Waals surface area contributed by atoms with Gasteiger partial charge in [-0.2, -0.15) is 0 Å². The number of benzene rings is 1. The van der Waals surface area contributed by atoms with E-state index >= 15 is 0 Å². The van der Waals surface area contributed by atoms with Crippen molar-refractivity contribution >= 4 is 28.3 Å². The number of nitrogens with one attached hydrogen (secondary N) is 2. The minimum absolute atomic E-state index is 0.153. The van der Waals surface area contributed by atoms with Crippen molar-refractivity contribution in [3.63, 3.8) is 0 Å². The van der Waals surface area contributed by atoms with Crippen LogP contribution in [0.25, 0.3) is 0 Å². The highest BCUT2D eigenvalue weighted by Gasteiger charge is 2.11. The van der Waals surface area contributed by atoms with Crippen LogP contribution >= 0.6 is 11.3 Å². The Kier molecular flexibility index (Phi) is 5.87. The fourth-order valence-corrected chi connectivity index (χ4v) is 2.89. The highest BCUT2D eigenvalue weighted by atomic mass is 32.1. The van der Waals surface area contributed by atoms with Crippen molar-refractivity contribution in [3.05, 3.63) is 46.5 Å². The molecule has 0 aliphatic carbocycles. The fraction of sp³-hybridized carbons (Fsp3) is 0.353. The zero-order chi connectivity index (χ0) is 16.8. The van der Waals surface area contributed by atoms with E-state index in [1.807, 2.05) is 30.5 Å². The molecule has 0 saturated heterocycles. The second kappa shape index (κ2) is 7.87. The van der Waals surface area contributed by atoms with Crippen LogP contribution < -0.4 is 10.6 Å². The highest BCUT2D eigenvalue weighted by molar-refractivity contribution is 7.13. The molecule has 0 spiro atoms. The first-order valence-electron chi connectivity index (χ1n) is 7.56. The third-order valence-electron chi connectivity index (χ3n) is 3.39. The highest BCUT2D eigenvalue weighted by Crippen LogP contribution is 2.21. The molecular formula is C17H21N3O2S. The molecule has 0 fully saturated rings. The largest absolute Gasteiger partial charge is 0.352 e. The molecular weight excluding hydrogens is 310 g/mol. The maximum atomic E-state index is 12.0. The molecule has 6 heteroatoms. The number of aromatic nitrogens is 1. The quantitative estimate of drug-likeness (QED) is 0.853. The molecule has 0 bridgehead atoms. The number of nitrogens with zero attached hydrogens (tertiary/aromatic N) is 1. The van der Waals surface area contributed by atoms with E-state index < -0.39 is 0 Å². The maximum absolute atomic E-state index is 12.0. The summed E-state index contributed by atoms with van der Waals surface area (Å²) < 4.78 is 0. The van der Waals surface area contributed by atoms with Crippen LogP contribution in [-0.2, 0) is 4.79 Å². The molecule has 0 radical (unpaired) electrons. The van der Waals surface area contributed by atoms with Gasteiger partial charge in [0.2, 0.25) is 5.91 Å². The Labute approximate surface area is 140 Å². The average molecular weight is 331 g/mol. The van der Waals surface area contributed by atoms with Crippen LogP contribution in [0.2, 0.25) is 0 Å². The van der Waals surface area contributed by atoms with Crippen LogP contribution in [0.4, 0.5) is 5.13 Å². The van der Waals surface area contributed by atoms with E-state index in [0.717, 1.165) is 11.3 Å². The first-order valence-corrected chi connectivity index (χ1v) is 8.44. The molecule has 2 rings (SSSR count). The topological polar surface area (TPSA) is 71.1 Å². The van der Waals surface area contributed by atoms with Gasteiger partial charge in [-0.15, -0.1) is 11.3 Å². The van der Waals surface area contributed by atoms with Crippen molar-refractivity contribution in [3.8, 4) is 0 Å². The van der Waals surface area contributed by atoms with Crippen molar-refractivity contribution in [2.75, 3.05) is 11.9 Å². The number of anilines is 1. The average Bonchev–Trinajstić information content (AvgIpc) is 2.96. The molecule has 2 N–H and O–H groups in total. The normalized spacial score (nSPS) is 10.6. The third kappa shape index (κ3) is 4.89. The van der Waals surface area contributed by atoms with Gasteiger partial charge in [0.1, 0.15) is 0 Å². The van der Waals surface area contributed by atoms with Crippen LogP contribution in [0.3, 0.4) is 0 Å². The molecule has 23 heavy (non-hydrogen) atoms. The Morgan fingerprint density at radius 1 is 1.26 bits per heavy atom. The second-order valence-corrected chi connectivity index (χ2v) is 6.46. The summed E-state index contributed by atoms with van der Waals surface area (Å²) in [5.74, 6) is 0.0253. The number of hydrogen-bond acceptors (Lipinski definition) is 4. The summed E-state index contributed by atoms with van der Waals surface area (Å²) in [6, 6.07) is 7.37. The number of amides is 2. The van der Waals surface area contributed by atoms with E-state index in [-0.39, 0.29) is 18.2 Å². The summed E-state index contributed by atoms with van der Waals surface area (Å²) in [5, 5.41) is 8.07. The molecule has 1 aromatic heterocycles. The van der Waals surface area contributed by atoms with E-state index in [0.29, 0.717) is 23.2 Å². The van der Waals surface area contributed by atoms with Gasteiger partial charge in [-0.3, -0.25) is 9.59 Å². The second-order valence-electron chi connectivity index (χ2n) is 5.60. The van der Waals surface area contributed by atoms with Crippen LogP contribution in [0.5, 0.6) is 0 Å². The predicted octanol–water partition coefficient (Wildman–Crippen LogP) is 3.33. The van der Waals surface area contributed by atoms with E-state index in [4.69, 9.17) is 0 Å². The van der Waals surface area contributed by atoms with Gasteiger partial charge in [0, 0.05) is 23.9 Å².